The number of nitrogens with zero attached hydrogens (tertiary/aromatic N) is 3. The molecule has 1 aromatic carbocycles. The first-order valence-electron chi connectivity index (χ1n) is 8.34. The number of piperazine rings is 1. The summed E-state index contributed by atoms with van der Waals surface area (Å²) in [7, 11) is 0. The SMILES string of the molecule is Fc1ccc(-c2nc(CN3CCNCC3c3cccnc3)co2)cc1. The average Bonchev–Trinajstić information content (AvgIpc) is 3.12. The fourth-order valence-electron chi connectivity index (χ4n) is 3.15. The molecule has 1 aliphatic rings. The maximum absolute atomic E-state index is 13.1. The molecule has 1 unspecified atom stereocenters. The molecule has 0 saturated carbocycles. The molecule has 1 N–H and O–H groups in total. The van der Waals surface area contributed by atoms with Crippen molar-refractivity contribution in [3.8, 4) is 11.5 Å². The molecule has 5 nitrogen and oxygen atoms in total. The lowest BCUT2D eigenvalue weighted by Crippen LogP contribution is -2.45. The van der Waals surface area contributed by atoms with Gasteiger partial charge in [0.05, 0.1) is 5.69 Å². The lowest BCUT2D eigenvalue weighted by atomic mass is 10.1. The van der Waals surface area contributed by atoms with Gasteiger partial charge in [0.1, 0.15) is 12.1 Å². The molecular weight excluding hydrogens is 319 g/mol. The Hall–Kier alpha value is -2.57. The summed E-state index contributed by atoms with van der Waals surface area (Å²) in [5.41, 5.74) is 2.84. The monoisotopic (exact) mass is 338 g/mol. The van der Waals surface area contributed by atoms with E-state index in [0.29, 0.717) is 12.4 Å². The largest absolute Gasteiger partial charge is 0.444 e. The first kappa shape index (κ1) is 15.9. The van der Waals surface area contributed by atoms with Crippen LogP contribution < -0.4 is 5.32 Å². The number of hydrogen-bond acceptors (Lipinski definition) is 5. The number of oxazole rings is 1. The van der Waals surface area contributed by atoms with Crippen molar-refractivity contribution in [2.45, 2.75) is 12.6 Å². The van der Waals surface area contributed by atoms with E-state index >= 15 is 0 Å². The third-order valence-electron chi connectivity index (χ3n) is 4.43. The van der Waals surface area contributed by atoms with E-state index in [0.717, 1.165) is 30.9 Å². The zero-order chi connectivity index (χ0) is 17.1. The minimum atomic E-state index is -0.268. The van der Waals surface area contributed by atoms with Crippen molar-refractivity contribution in [3.05, 3.63) is 72.1 Å². The van der Waals surface area contributed by atoms with Gasteiger partial charge in [-0.15, -0.1) is 0 Å². The topological polar surface area (TPSA) is 54.2 Å². The predicted molar refractivity (Wildman–Crippen MR) is 92.2 cm³/mol. The molecule has 0 aliphatic carbocycles. The van der Waals surface area contributed by atoms with Crippen molar-refractivity contribution in [2.24, 2.45) is 0 Å². The van der Waals surface area contributed by atoms with Crippen LogP contribution >= 0.6 is 0 Å². The molecule has 1 saturated heterocycles. The highest BCUT2D eigenvalue weighted by Crippen LogP contribution is 2.25. The summed E-state index contributed by atoms with van der Waals surface area (Å²) in [6, 6.07) is 10.5. The fraction of sp³-hybridized carbons (Fsp3) is 0.263. The summed E-state index contributed by atoms with van der Waals surface area (Å²) in [5.74, 6) is 0.249. The van der Waals surface area contributed by atoms with Crippen LogP contribution in [-0.2, 0) is 6.54 Å². The molecule has 0 radical (unpaired) electrons. The van der Waals surface area contributed by atoms with Gasteiger partial charge >= 0.3 is 0 Å². The Labute approximate surface area is 145 Å². The molecule has 2 aromatic heterocycles. The third-order valence-corrected chi connectivity index (χ3v) is 4.43. The molecule has 4 rings (SSSR count). The average molecular weight is 338 g/mol. The molecule has 0 bridgehead atoms. The van der Waals surface area contributed by atoms with Crippen molar-refractivity contribution in [3.63, 3.8) is 0 Å². The Morgan fingerprint density at radius 2 is 2.12 bits per heavy atom. The first-order chi connectivity index (χ1) is 12.3. The summed E-state index contributed by atoms with van der Waals surface area (Å²) in [6.07, 6.45) is 5.38. The van der Waals surface area contributed by atoms with Crippen molar-refractivity contribution in [1.82, 2.24) is 20.2 Å². The van der Waals surface area contributed by atoms with Crippen molar-refractivity contribution in [2.75, 3.05) is 19.6 Å². The smallest absolute Gasteiger partial charge is 0.226 e. The number of halogens is 1. The van der Waals surface area contributed by atoms with Crippen molar-refractivity contribution < 1.29 is 8.81 Å². The second-order valence-electron chi connectivity index (χ2n) is 6.13. The second kappa shape index (κ2) is 7.13. The van der Waals surface area contributed by atoms with Crippen LogP contribution in [0.3, 0.4) is 0 Å². The molecule has 6 heteroatoms. The normalized spacial score (nSPS) is 18.4. The molecule has 1 aliphatic heterocycles. The van der Waals surface area contributed by atoms with E-state index in [1.807, 2.05) is 12.3 Å². The quantitative estimate of drug-likeness (QED) is 0.792. The zero-order valence-corrected chi connectivity index (χ0v) is 13.7. The third kappa shape index (κ3) is 3.60. The van der Waals surface area contributed by atoms with E-state index in [1.54, 1.807) is 24.6 Å². The van der Waals surface area contributed by atoms with E-state index in [-0.39, 0.29) is 11.9 Å². The van der Waals surface area contributed by atoms with Gasteiger partial charge in [0, 0.05) is 50.2 Å². The van der Waals surface area contributed by atoms with Gasteiger partial charge in [-0.25, -0.2) is 9.37 Å². The maximum Gasteiger partial charge on any atom is 0.226 e. The second-order valence-corrected chi connectivity index (χ2v) is 6.13. The van der Waals surface area contributed by atoms with Crippen LogP contribution in [0.15, 0.2) is 59.5 Å². The Balaban J connectivity index is 1.51. The van der Waals surface area contributed by atoms with E-state index in [1.165, 1.54) is 17.7 Å². The number of nitrogens with one attached hydrogen (secondary N) is 1. The van der Waals surface area contributed by atoms with Gasteiger partial charge in [0.15, 0.2) is 0 Å². The number of hydrogen-bond donors (Lipinski definition) is 1. The minimum Gasteiger partial charge on any atom is -0.444 e. The predicted octanol–water partition coefficient (Wildman–Crippen LogP) is 3.02. The highest BCUT2D eigenvalue weighted by Gasteiger charge is 2.25. The van der Waals surface area contributed by atoms with Crippen LogP contribution in [0.2, 0.25) is 0 Å². The Kier molecular flexibility index (Phi) is 4.54. The van der Waals surface area contributed by atoms with Gasteiger partial charge in [-0.3, -0.25) is 9.88 Å². The lowest BCUT2D eigenvalue weighted by molar-refractivity contribution is 0.151. The van der Waals surface area contributed by atoms with E-state index < -0.39 is 0 Å². The van der Waals surface area contributed by atoms with Crippen LogP contribution in [0.4, 0.5) is 4.39 Å². The van der Waals surface area contributed by atoms with Gasteiger partial charge in [-0.05, 0) is 35.9 Å². The van der Waals surface area contributed by atoms with Crippen molar-refractivity contribution >= 4 is 0 Å². The molecule has 1 atom stereocenters. The van der Waals surface area contributed by atoms with Gasteiger partial charge in [-0.1, -0.05) is 6.07 Å². The highest BCUT2D eigenvalue weighted by atomic mass is 19.1. The molecule has 0 spiro atoms. The molecule has 1 fully saturated rings. The van der Waals surface area contributed by atoms with Crippen LogP contribution in [0.25, 0.3) is 11.5 Å². The Morgan fingerprint density at radius 1 is 1.24 bits per heavy atom. The Morgan fingerprint density at radius 3 is 2.92 bits per heavy atom. The van der Waals surface area contributed by atoms with Crippen LogP contribution in [0, 0.1) is 5.82 Å². The molecule has 3 aromatic rings. The molecule has 0 amide bonds. The fourth-order valence-corrected chi connectivity index (χ4v) is 3.15. The van der Waals surface area contributed by atoms with E-state index in [9.17, 15) is 4.39 Å². The van der Waals surface area contributed by atoms with Crippen LogP contribution in [-0.4, -0.2) is 34.5 Å². The van der Waals surface area contributed by atoms with Crippen molar-refractivity contribution in [1.29, 1.82) is 0 Å². The molecule has 128 valence electrons. The maximum atomic E-state index is 13.1. The number of pyridine rings is 1. The summed E-state index contributed by atoms with van der Waals surface area (Å²) in [5, 5.41) is 3.44. The standard InChI is InChI=1S/C19H19FN4O/c20-16-5-3-14(4-6-16)19-23-17(13-25-19)12-24-9-8-22-11-18(24)15-2-1-7-21-10-15/h1-7,10,13,18,22H,8-9,11-12H2. The van der Waals surface area contributed by atoms with Gasteiger partial charge < -0.3 is 9.73 Å². The van der Waals surface area contributed by atoms with Crippen LogP contribution in [0.1, 0.15) is 17.3 Å². The molecule has 3 heterocycles. The number of benzene rings is 1. The summed E-state index contributed by atoms with van der Waals surface area (Å²) < 4.78 is 18.6. The summed E-state index contributed by atoms with van der Waals surface area (Å²) >= 11 is 0. The van der Waals surface area contributed by atoms with Crippen LogP contribution in [0.5, 0.6) is 0 Å². The highest BCUT2D eigenvalue weighted by molar-refractivity contribution is 5.52. The van der Waals surface area contributed by atoms with Gasteiger partial charge in [0.25, 0.3) is 0 Å². The van der Waals surface area contributed by atoms with E-state index in [2.05, 4.69) is 26.3 Å². The summed E-state index contributed by atoms with van der Waals surface area (Å²) in [4.78, 5) is 11.2. The minimum absolute atomic E-state index is 0.258. The van der Waals surface area contributed by atoms with E-state index in [4.69, 9.17) is 4.42 Å². The lowest BCUT2D eigenvalue weighted by Gasteiger charge is -2.35. The zero-order valence-electron chi connectivity index (χ0n) is 13.7. The number of aromatic nitrogens is 2. The van der Waals surface area contributed by atoms with Gasteiger partial charge in [0.2, 0.25) is 5.89 Å². The summed E-state index contributed by atoms with van der Waals surface area (Å²) in [6.45, 7) is 3.46. The Bertz CT molecular complexity index is 819. The first-order valence-corrected chi connectivity index (χ1v) is 8.34. The molecule has 25 heavy (non-hydrogen) atoms. The molecular formula is C19H19FN4O. The van der Waals surface area contributed by atoms with Gasteiger partial charge in [-0.2, -0.15) is 0 Å². The number of rotatable bonds is 4.